The SMILES string of the molecule is c1ccc(-c2ccc(CN3CCc4nc(C5CC5)ncc4C3)o2)cc1. The number of fused-ring (bicyclic) bond motifs is 1. The molecule has 5 rings (SSSR count). The second-order valence-electron chi connectivity index (χ2n) is 7.07. The number of hydrogen-bond acceptors (Lipinski definition) is 4. The fraction of sp³-hybridized carbons (Fsp3) is 0.333. The van der Waals surface area contributed by atoms with Gasteiger partial charge >= 0.3 is 0 Å². The third-order valence-electron chi connectivity index (χ3n) is 5.07. The van der Waals surface area contributed by atoms with Gasteiger partial charge in [0.25, 0.3) is 0 Å². The topological polar surface area (TPSA) is 42.2 Å². The molecule has 1 fully saturated rings. The molecule has 2 aromatic heterocycles. The summed E-state index contributed by atoms with van der Waals surface area (Å²) in [5.74, 6) is 3.64. The summed E-state index contributed by atoms with van der Waals surface area (Å²) in [5, 5.41) is 0. The Labute approximate surface area is 147 Å². The average Bonchev–Trinajstić information content (AvgIpc) is 3.41. The van der Waals surface area contributed by atoms with Gasteiger partial charge in [-0.15, -0.1) is 0 Å². The molecule has 3 heterocycles. The van der Waals surface area contributed by atoms with Crippen LogP contribution in [0.15, 0.2) is 53.1 Å². The maximum absolute atomic E-state index is 6.05. The maximum atomic E-state index is 6.05. The predicted molar refractivity (Wildman–Crippen MR) is 96.0 cm³/mol. The zero-order valence-electron chi connectivity index (χ0n) is 14.2. The van der Waals surface area contributed by atoms with E-state index in [0.29, 0.717) is 5.92 Å². The first-order valence-corrected chi connectivity index (χ1v) is 9.06. The second kappa shape index (κ2) is 6.12. The van der Waals surface area contributed by atoms with Crippen LogP contribution in [0.2, 0.25) is 0 Å². The number of benzene rings is 1. The summed E-state index contributed by atoms with van der Waals surface area (Å²) in [5.41, 5.74) is 3.64. The van der Waals surface area contributed by atoms with E-state index in [4.69, 9.17) is 9.40 Å². The molecule has 1 aromatic carbocycles. The van der Waals surface area contributed by atoms with Crippen molar-refractivity contribution in [2.75, 3.05) is 6.54 Å². The first kappa shape index (κ1) is 14.8. The summed E-state index contributed by atoms with van der Waals surface area (Å²) < 4.78 is 6.05. The number of rotatable bonds is 4. The van der Waals surface area contributed by atoms with Crippen molar-refractivity contribution >= 4 is 0 Å². The molecule has 0 saturated heterocycles. The summed E-state index contributed by atoms with van der Waals surface area (Å²) in [6, 6.07) is 14.4. The van der Waals surface area contributed by atoms with E-state index >= 15 is 0 Å². The Balaban J connectivity index is 1.29. The van der Waals surface area contributed by atoms with Gasteiger partial charge in [0.15, 0.2) is 0 Å². The number of aromatic nitrogens is 2. The highest BCUT2D eigenvalue weighted by Gasteiger charge is 2.28. The molecule has 0 amide bonds. The molecule has 0 bridgehead atoms. The zero-order chi connectivity index (χ0) is 16.6. The van der Waals surface area contributed by atoms with Crippen molar-refractivity contribution in [3.8, 4) is 11.3 Å². The minimum absolute atomic E-state index is 0.628. The molecular weight excluding hydrogens is 310 g/mol. The van der Waals surface area contributed by atoms with Crippen molar-refractivity contribution in [3.05, 3.63) is 71.5 Å². The van der Waals surface area contributed by atoms with Crippen LogP contribution >= 0.6 is 0 Å². The highest BCUT2D eigenvalue weighted by Crippen LogP contribution is 2.38. The predicted octanol–water partition coefficient (Wildman–Crippen LogP) is 4.17. The van der Waals surface area contributed by atoms with E-state index in [0.717, 1.165) is 49.0 Å². The lowest BCUT2D eigenvalue weighted by Gasteiger charge is -2.27. The normalized spacial score (nSPS) is 17.4. The Morgan fingerprint density at radius 3 is 2.80 bits per heavy atom. The van der Waals surface area contributed by atoms with Gasteiger partial charge in [0, 0.05) is 48.4 Å². The van der Waals surface area contributed by atoms with E-state index in [1.54, 1.807) is 0 Å². The lowest BCUT2D eigenvalue weighted by atomic mass is 10.1. The summed E-state index contributed by atoms with van der Waals surface area (Å²) in [6.45, 7) is 2.76. The van der Waals surface area contributed by atoms with Gasteiger partial charge in [-0.05, 0) is 25.0 Å². The van der Waals surface area contributed by atoms with Gasteiger partial charge in [-0.3, -0.25) is 4.90 Å². The van der Waals surface area contributed by atoms with Crippen LogP contribution in [0.4, 0.5) is 0 Å². The second-order valence-corrected chi connectivity index (χ2v) is 7.07. The molecule has 1 aliphatic carbocycles. The Hall–Kier alpha value is -2.46. The zero-order valence-corrected chi connectivity index (χ0v) is 14.2. The van der Waals surface area contributed by atoms with E-state index in [2.05, 4.69) is 34.1 Å². The van der Waals surface area contributed by atoms with Crippen LogP contribution in [0.3, 0.4) is 0 Å². The third-order valence-corrected chi connectivity index (χ3v) is 5.07. The number of furan rings is 1. The van der Waals surface area contributed by atoms with Gasteiger partial charge in [-0.2, -0.15) is 0 Å². The number of hydrogen-bond donors (Lipinski definition) is 0. The Morgan fingerprint density at radius 2 is 1.96 bits per heavy atom. The van der Waals surface area contributed by atoms with Crippen LogP contribution < -0.4 is 0 Å². The van der Waals surface area contributed by atoms with Crippen LogP contribution in [-0.4, -0.2) is 21.4 Å². The standard InChI is InChI=1S/C21H21N3O/c1-2-4-15(5-3-1)20-9-8-18(25-20)14-24-11-10-19-17(13-24)12-22-21(23-19)16-6-7-16/h1-5,8-9,12,16H,6-7,10-11,13-14H2. The molecule has 0 atom stereocenters. The summed E-state index contributed by atoms with van der Waals surface area (Å²) in [7, 11) is 0. The van der Waals surface area contributed by atoms with Gasteiger partial charge in [0.2, 0.25) is 0 Å². The van der Waals surface area contributed by atoms with Crippen molar-refractivity contribution in [2.24, 2.45) is 0 Å². The van der Waals surface area contributed by atoms with E-state index in [9.17, 15) is 0 Å². The van der Waals surface area contributed by atoms with Crippen molar-refractivity contribution in [3.63, 3.8) is 0 Å². The highest BCUT2D eigenvalue weighted by molar-refractivity contribution is 5.57. The molecule has 4 nitrogen and oxygen atoms in total. The van der Waals surface area contributed by atoms with Crippen molar-refractivity contribution < 1.29 is 4.42 Å². The van der Waals surface area contributed by atoms with E-state index in [-0.39, 0.29) is 0 Å². The third kappa shape index (κ3) is 3.10. The summed E-state index contributed by atoms with van der Waals surface area (Å²) >= 11 is 0. The molecule has 1 saturated carbocycles. The van der Waals surface area contributed by atoms with Gasteiger partial charge in [-0.25, -0.2) is 9.97 Å². The van der Waals surface area contributed by atoms with Gasteiger partial charge in [-0.1, -0.05) is 30.3 Å². The Bertz CT molecular complexity index is 883. The van der Waals surface area contributed by atoms with Crippen LogP contribution in [0.25, 0.3) is 11.3 Å². The number of nitrogens with zero attached hydrogens (tertiary/aromatic N) is 3. The molecule has 3 aromatic rings. The van der Waals surface area contributed by atoms with Crippen molar-refractivity contribution in [1.29, 1.82) is 0 Å². The van der Waals surface area contributed by atoms with Crippen molar-refractivity contribution in [1.82, 2.24) is 14.9 Å². The molecule has 2 aliphatic rings. The fourth-order valence-corrected chi connectivity index (χ4v) is 3.50. The molecule has 4 heteroatoms. The lowest BCUT2D eigenvalue weighted by Crippen LogP contribution is -2.31. The summed E-state index contributed by atoms with van der Waals surface area (Å²) in [6.07, 6.45) is 5.56. The molecular formula is C21H21N3O. The van der Waals surface area contributed by atoms with E-state index in [1.807, 2.05) is 24.4 Å². The van der Waals surface area contributed by atoms with Gasteiger partial charge in [0.1, 0.15) is 17.3 Å². The van der Waals surface area contributed by atoms with Crippen LogP contribution in [0, 0.1) is 0 Å². The van der Waals surface area contributed by atoms with Crippen LogP contribution in [-0.2, 0) is 19.5 Å². The first-order valence-electron chi connectivity index (χ1n) is 9.06. The maximum Gasteiger partial charge on any atom is 0.134 e. The molecule has 0 radical (unpaired) electrons. The molecule has 0 N–H and O–H groups in total. The smallest absolute Gasteiger partial charge is 0.134 e. The molecule has 25 heavy (non-hydrogen) atoms. The monoisotopic (exact) mass is 331 g/mol. The Morgan fingerprint density at radius 1 is 1.08 bits per heavy atom. The van der Waals surface area contributed by atoms with Gasteiger partial charge < -0.3 is 4.42 Å². The van der Waals surface area contributed by atoms with Crippen LogP contribution in [0.1, 0.15) is 41.6 Å². The Kier molecular flexibility index (Phi) is 3.63. The molecule has 0 spiro atoms. The van der Waals surface area contributed by atoms with E-state index < -0.39 is 0 Å². The first-order chi connectivity index (χ1) is 12.3. The highest BCUT2D eigenvalue weighted by atomic mass is 16.3. The van der Waals surface area contributed by atoms with Crippen molar-refractivity contribution in [2.45, 2.75) is 38.3 Å². The molecule has 126 valence electrons. The van der Waals surface area contributed by atoms with Gasteiger partial charge in [0.05, 0.1) is 6.54 Å². The van der Waals surface area contributed by atoms with Crippen LogP contribution in [0.5, 0.6) is 0 Å². The fourth-order valence-electron chi connectivity index (χ4n) is 3.50. The lowest BCUT2D eigenvalue weighted by molar-refractivity contribution is 0.224. The summed E-state index contributed by atoms with van der Waals surface area (Å²) in [4.78, 5) is 11.8. The van der Waals surface area contributed by atoms with E-state index in [1.165, 1.54) is 24.1 Å². The minimum atomic E-state index is 0.628. The molecule has 1 aliphatic heterocycles. The molecule has 0 unspecified atom stereocenters. The average molecular weight is 331 g/mol. The quantitative estimate of drug-likeness (QED) is 0.719. The minimum Gasteiger partial charge on any atom is -0.460 e. The largest absolute Gasteiger partial charge is 0.460 e.